The maximum atomic E-state index is 13.4. The van der Waals surface area contributed by atoms with Crippen LogP contribution in [-0.2, 0) is 6.42 Å². The minimum atomic E-state index is -0.168. The molecule has 0 spiro atoms. The third kappa shape index (κ3) is 3.76. The van der Waals surface area contributed by atoms with Gasteiger partial charge in [0.25, 0.3) is 0 Å². The maximum absolute atomic E-state index is 13.4. The standard InChI is InChI=1S/C17H23BrClF/c1-11-4-6-14(16(19)8-11)17(2,3)10-12-9-13(20)5-7-15(12)18/h5,7,9,11,14,16H,4,6,8,10H2,1-3H3. The number of halogens is 3. The van der Waals surface area contributed by atoms with E-state index < -0.39 is 0 Å². The summed E-state index contributed by atoms with van der Waals surface area (Å²) in [6, 6.07) is 4.93. The highest BCUT2D eigenvalue weighted by Gasteiger charge is 2.38. The highest BCUT2D eigenvalue weighted by Crippen LogP contribution is 2.45. The predicted molar refractivity (Wildman–Crippen MR) is 87.7 cm³/mol. The van der Waals surface area contributed by atoms with Crippen LogP contribution in [0.2, 0.25) is 0 Å². The van der Waals surface area contributed by atoms with Gasteiger partial charge in [-0.2, -0.15) is 0 Å². The van der Waals surface area contributed by atoms with Crippen molar-refractivity contribution in [3.05, 3.63) is 34.1 Å². The highest BCUT2D eigenvalue weighted by molar-refractivity contribution is 9.10. The molecule has 112 valence electrons. The van der Waals surface area contributed by atoms with Crippen molar-refractivity contribution in [2.45, 2.75) is 51.8 Å². The largest absolute Gasteiger partial charge is 0.207 e. The second kappa shape index (κ2) is 6.36. The maximum Gasteiger partial charge on any atom is 0.123 e. The van der Waals surface area contributed by atoms with Crippen LogP contribution in [0.5, 0.6) is 0 Å². The van der Waals surface area contributed by atoms with E-state index in [1.54, 1.807) is 12.1 Å². The number of alkyl halides is 1. The molecule has 0 bridgehead atoms. The van der Waals surface area contributed by atoms with Crippen LogP contribution >= 0.6 is 27.5 Å². The van der Waals surface area contributed by atoms with Gasteiger partial charge in [-0.15, -0.1) is 11.6 Å². The van der Waals surface area contributed by atoms with Crippen molar-refractivity contribution in [3.63, 3.8) is 0 Å². The third-order valence-corrected chi connectivity index (χ3v) is 5.95. The first-order chi connectivity index (χ1) is 9.29. The summed E-state index contributed by atoms with van der Waals surface area (Å²) in [6.45, 7) is 6.81. The van der Waals surface area contributed by atoms with Crippen LogP contribution < -0.4 is 0 Å². The topological polar surface area (TPSA) is 0 Å². The summed E-state index contributed by atoms with van der Waals surface area (Å²) in [4.78, 5) is 0. The van der Waals surface area contributed by atoms with Gasteiger partial charge in [0.05, 0.1) is 0 Å². The van der Waals surface area contributed by atoms with Gasteiger partial charge >= 0.3 is 0 Å². The fraction of sp³-hybridized carbons (Fsp3) is 0.647. The molecule has 3 heteroatoms. The van der Waals surface area contributed by atoms with E-state index in [9.17, 15) is 4.39 Å². The number of hydrogen-bond acceptors (Lipinski definition) is 0. The van der Waals surface area contributed by atoms with Gasteiger partial charge in [0.15, 0.2) is 0 Å². The zero-order valence-corrected chi connectivity index (χ0v) is 14.8. The Kier molecular flexibility index (Phi) is 5.18. The highest BCUT2D eigenvalue weighted by atomic mass is 79.9. The van der Waals surface area contributed by atoms with Gasteiger partial charge in [-0.1, -0.05) is 43.1 Å². The lowest BCUT2D eigenvalue weighted by molar-refractivity contribution is 0.141. The summed E-state index contributed by atoms with van der Waals surface area (Å²) >= 11 is 10.1. The Bertz CT molecular complexity index is 472. The van der Waals surface area contributed by atoms with Gasteiger partial charge in [-0.05, 0) is 60.3 Å². The lowest BCUT2D eigenvalue weighted by atomic mass is 9.66. The molecule has 2 rings (SSSR count). The van der Waals surface area contributed by atoms with Gasteiger partial charge in [0, 0.05) is 9.85 Å². The molecule has 0 amide bonds. The molecule has 3 atom stereocenters. The van der Waals surface area contributed by atoms with Crippen LogP contribution in [0.4, 0.5) is 4.39 Å². The molecule has 1 fully saturated rings. The fourth-order valence-corrected chi connectivity index (χ4v) is 4.65. The first-order valence-electron chi connectivity index (χ1n) is 7.37. The Balaban J connectivity index is 2.16. The molecule has 3 unspecified atom stereocenters. The molecular weight excluding hydrogens is 339 g/mol. The molecular formula is C17H23BrClF. The van der Waals surface area contributed by atoms with Crippen LogP contribution in [0.1, 0.15) is 45.6 Å². The number of rotatable bonds is 3. The van der Waals surface area contributed by atoms with Crippen molar-refractivity contribution in [1.29, 1.82) is 0 Å². The summed E-state index contributed by atoms with van der Waals surface area (Å²) in [5.41, 5.74) is 1.13. The zero-order chi connectivity index (χ0) is 14.9. The summed E-state index contributed by atoms with van der Waals surface area (Å²) in [5, 5.41) is 0.237. The second-order valence-corrected chi connectivity index (χ2v) is 8.36. The van der Waals surface area contributed by atoms with Gasteiger partial charge < -0.3 is 0 Å². The van der Waals surface area contributed by atoms with Crippen LogP contribution in [-0.4, -0.2) is 5.38 Å². The molecule has 1 aromatic rings. The predicted octanol–water partition coefficient (Wildman–Crippen LogP) is 6.20. The van der Waals surface area contributed by atoms with E-state index in [1.165, 1.54) is 18.9 Å². The Morgan fingerprint density at radius 3 is 2.70 bits per heavy atom. The van der Waals surface area contributed by atoms with Crippen molar-refractivity contribution < 1.29 is 4.39 Å². The molecule has 1 aromatic carbocycles. The Morgan fingerprint density at radius 1 is 1.35 bits per heavy atom. The smallest absolute Gasteiger partial charge is 0.123 e. The van der Waals surface area contributed by atoms with Crippen molar-refractivity contribution >= 4 is 27.5 Å². The van der Waals surface area contributed by atoms with Crippen molar-refractivity contribution in [3.8, 4) is 0 Å². The zero-order valence-electron chi connectivity index (χ0n) is 12.4. The Morgan fingerprint density at radius 2 is 2.05 bits per heavy atom. The van der Waals surface area contributed by atoms with E-state index in [4.69, 9.17) is 11.6 Å². The number of hydrogen-bond donors (Lipinski definition) is 0. The van der Waals surface area contributed by atoms with Crippen molar-refractivity contribution in [1.82, 2.24) is 0 Å². The third-order valence-electron chi connectivity index (χ3n) is 4.69. The molecule has 0 aliphatic heterocycles. The van der Waals surface area contributed by atoms with Gasteiger partial charge in [0.2, 0.25) is 0 Å². The molecule has 0 nitrogen and oxygen atoms in total. The first kappa shape index (κ1) is 16.3. The van der Waals surface area contributed by atoms with E-state index in [0.717, 1.165) is 28.8 Å². The Hall–Kier alpha value is -0.0800. The average Bonchev–Trinajstić information content (AvgIpc) is 2.33. The second-order valence-electron chi connectivity index (χ2n) is 6.94. The molecule has 1 aliphatic carbocycles. The monoisotopic (exact) mass is 360 g/mol. The van der Waals surface area contributed by atoms with E-state index in [1.807, 2.05) is 0 Å². The molecule has 0 heterocycles. The summed E-state index contributed by atoms with van der Waals surface area (Å²) in [7, 11) is 0. The SMILES string of the molecule is CC1CCC(C(C)(C)Cc2cc(F)ccc2Br)C(Cl)C1. The minimum absolute atomic E-state index is 0.0862. The number of benzene rings is 1. The molecule has 0 aromatic heterocycles. The van der Waals surface area contributed by atoms with Gasteiger partial charge in [-0.3, -0.25) is 0 Å². The van der Waals surface area contributed by atoms with E-state index in [2.05, 4.69) is 36.7 Å². The first-order valence-corrected chi connectivity index (χ1v) is 8.60. The molecule has 0 saturated heterocycles. The van der Waals surface area contributed by atoms with Crippen LogP contribution in [0.3, 0.4) is 0 Å². The fourth-order valence-electron chi connectivity index (χ4n) is 3.49. The molecule has 1 aliphatic rings. The van der Waals surface area contributed by atoms with Crippen LogP contribution in [0.25, 0.3) is 0 Å². The minimum Gasteiger partial charge on any atom is -0.207 e. The van der Waals surface area contributed by atoms with E-state index >= 15 is 0 Å². The average molecular weight is 362 g/mol. The van der Waals surface area contributed by atoms with Gasteiger partial charge in [0.1, 0.15) is 5.82 Å². The quantitative estimate of drug-likeness (QED) is 0.562. The molecule has 0 N–H and O–H groups in total. The normalized spacial score (nSPS) is 27.6. The molecule has 20 heavy (non-hydrogen) atoms. The van der Waals surface area contributed by atoms with E-state index in [-0.39, 0.29) is 16.6 Å². The molecule has 1 saturated carbocycles. The lowest BCUT2D eigenvalue weighted by Crippen LogP contribution is -2.37. The van der Waals surface area contributed by atoms with Gasteiger partial charge in [-0.25, -0.2) is 4.39 Å². The van der Waals surface area contributed by atoms with Crippen molar-refractivity contribution in [2.24, 2.45) is 17.3 Å². The van der Waals surface area contributed by atoms with Crippen LogP contribution in [0.15, 0.2) is 22.7 Å². The molecule has 0 radical (unpaired) electrons. The summed E-state index contributed by atoms with van der Waals surface area (Å²) in [5.74, 6) is 1.06. The Labute approximate surface area is 135 Å². The summed E-state index contributed by atoms with van der Waals surface area (Å²) < 4.78 is 14.4. The summed E-state index contributed by atoms with van der Waals surface area (Å²) in [6.07, 6.45) is 4.38. The van der Waals surface area contributed by atoms with Crippen molar-refractivity contribution in [2.75, 3.05) is 0 Å². The van der Waals surface area contributed by atoms with Crippen LogP contribution in [0, 0.1) is 23.1 Å². The van der Waals surface area contributed by atoms with E-state index in [0.29, 0.717) is 5.92 Å². The lowest BCUT2D eigenvalue weighted by Gasteiger charge is -2.42.